The number of nitrogens with zero attached hydrogens (tertiary/aromatic N) is 3. The molecule has 3 heterocycles. The van der Waals surface area contributed by atoms with Gasteiger partial charge in [-0.05, 0) is 62.4 Å². The molecule has 0 bridgehead atoms. The molecule has 0 aliphatic carbocycles. The quantitative estimate of drug-likeness (QED) is 0.225. The number of ether oxygens (including phenoxy) is 1. The number of aromatic amines is 1. The summed E-state index contributed by atoms with van der Waals surface area (Å²) in [6, 6.07) is 13.4. The summed E-state index contributed by atoms with van der Waals surface area (Å²) in [6.07, 6.45) is 1.47. The molecule has 1 amide bonds. The predicted molar refractivity (Wildman–Crippen MR) is 145 cm³/mol. The molecular weight excluding hydrogens is 522 g/mol. The molecule has 5 rings (SSSR count). The Bertz CT molecular complexity index is 1770. The third-order valence-electron chi connectivity index (χ3n) is 6.10. The van der Waals surface area contributed by atoms with Gasteiger partial charge in [-0.25, -0.2) is 13.8 Å². The summed E-state index contributed by atoms with van der Waals surface area (Å²) < 4.78 is 35.5. The lowest BCUT2D eigenvalue weighted by molar-refractivity contribution is 0.102. The third-order valence-corrected chi connectivity index (χ3v) is 6.10. The predicted octanol–water partition coefficient (Wildman–Crippen LogP) is 4.53. The standard InChI is InChI=1S/C28H24F2N6O4/c1-15(14-37)32-26-24-23(11-12-31-25(24)34-35-26)40-22-10-6-18(13-21(22)30)33-27(38)20-9-3-16(2)36(28(20)39)19-7-4-17(29)5-8-19/h3-13,15,37H,14H2,1-2H3,(H,33,38)(H2,31,32,34,35)/t15-/m1/s1. The van der Waals surface area contributed by atoms with Crippen molar-refractivity contribution in [2.45, 2.75) is 19.9 Å². The molecule has 0 saturated heterocycles. The number of H-pyrrole nitrogens is 1. The Morgan fingerprint density at radius 1 is 1.10 bits per heavy atom. The van der Waals surface area contributed by atoms with Crippen molar-refractivity contribution in [2.75, 3.05) is 17.2 Å². The summed E-state index contributed by atoms with van der Waals surface area (Å²) in [5.74, 6) is -1.43. The van der Waals surface area contributed by atoms with Crippen molar-refractivity contribution in [1.82, 2.24) is 19.7 Å². The van der Waals surface area contributed by atoms with Gasteiger partial charge >= 0.3 is 0 Å². The van der Waals surface area contributed by atoms with E-state index in [1.165, 1.54) is 53.2 Å². The molecule has 4 N–H and O–H groups in total. The highest BCUT2D eigenvalue weighted by atomic mass is 19.1. The van der Waals surface area contributed by atoms with E-state index in [1.807, 2.05) is 0 Å². The Morgan fingerprint density at radius 2 is 1.88 bits per heavy atom. The summed E-state index contributed by atoms with van der Waals surface area (Å²) >= 11 is 0. The lowest BCUT2D eigenvalue weighted by atomic mass is 10.2. The lowest BCUT2D eigenvalue weighted by Crippen LogP contribution is -2.29. The van der Waals surface area contributed by atoms with Gasteiger partial charge in [0.05, 0.1) is 6.61 Å². The first-order valence-electron chi connectivity index (χ1n) is 12.2. The first-order valence-corrected chi connectivity index (χ1v) is 12.2. The summed E-state index contributed by atoms with van der Waals surface area (Å²) in [5.41, 5.74) is 0.674. The molecule has 5 aromatic rings. The number of hydrogen-bond donors (Lipinski definition) is 4. The highest BCUT2D eigenvalue weighted by Crippen LogP contribution is 2.34. The van der Waals surface area contributed by atoms with Crippen LogP contribution in [-0.2, 0) is 0 Å². The summed E-state index contributed by atoms with van der Waals surface area (Å²) in [4.78, 5) is 30.3. The lowest BCUT2D eigenvalue weighted by Gasteiger charge is -2.13. The van der Waals surface area contributed by atoms with E-state index in [0.29, 0.717) is 28.2 Å². The van der Waals surface area contributed by atoms with Crippen molar-refractivity contribution >= 4 is 28.4 Å². The summed E-state index contributed by atoms with van der Waals surface area (Å²) in [7, 11) is 0. The first kappa shape index (κ1) is 26.5. The van der Waals surface area contributed by atoms with Crippen LogP contribution in [0.1, 0.15) is 23.0 Å². The molecule has 0 aliphatic heterocycles. The fraction of sp³-hybridized carbons (Fsp3) is 0.143. The Balaban J connectivity index is 1.38. The van der Waals surface area contributed by atoms with Gasteiger partial charge in [0.1, 0.15) is 22.5 Å². The Morgan fingerprint density at radius 3 is 2.60 bits per heavy atom. The maximum Gasteiger partial charge on any atom is 0.268 e. The van der Waals surface area contributed by atoms with E-state index in [1.54, 1.807) is 26.0 Å². The molecule has 0 saturated carbocycles. The van der Waals surface area contributed by atoms with Crippen LogP contribution in [0.5, 0.6) is 11.5 Å². The number of fused-ring (bicyclic) bond motifs is 1. The molecule has 2 aromatic carbocycles. The largest absolute Gasteiger partial charge is 0.453 e. The Hall–Kier alpha value is -5.10. The molecular formula is C28H24F2N6O4. The number of aliphatic hydroxyl groups is 1. The van der Waals surface area contributed by atoms with E-state index in [0.717, 1.165) is 6.07 Å². The number of benzene rings is 2. The average molecular weight is 547 g/mol. The van der Waals surface area contributed by atoms with Crippen molar-refractivity contribution in [3.05, 3.63) is 100 Å². The normalized spacial score (nSPS) is 11.8. The van der Waals surface area contributed by atoms with E-state index < -0.39 is 23.1 Å². The smallest absolute Gasteiger partial charge is 0.268 e. The number of carbonyl (C=O) groups is 1. The second-order valence-electron chi connectivity index (χ2n) is 9.04. The highest BCUT2D eigenvalue weighted by molar-refractivity contribution is 6.04. The SMILES string of the molecule is Cc1ccc(C(=O)Nc2ccc(Oc3ccnc4[nH]nc(N[C@H](C)CO)c34)c(F)c2)c(=O)n1-c1ccc(F)cc1. The van der Waals surface area contributed by atoms with E-state index in [9.17, 15) is 19.1 Å². The second-order valence-corrected chi connectivity index (χ2v) is 9.04. The van der Waals surface area contributed by atoms with Crippen LogP contribution in [0, 0.1) is 18.6 Å². The number of nitrogens with one attached hydrogen (secondary N) is 3. The maximum absolute atomic E-state index is 15.1. The van der Waals surface area contributed by atoms with Crippen molar-refractivity contribution in [3.8, 4) is 17.2 Å². The molecule has 0 unspecified atom stereocenters. The average Bonchev–Trinajstić information content (AvgIpc) is 3.34. The number of halogens is 2. The van der Waals surface area contributed by atoms with E-state index in [2.05, 4.69) is 25.8 Å². The van der Waals surface area contributed by atoms with Gasteiger partial charge in [-0.3, -0.25) is 19.3 Å². The van der Waals surface area contributed by atoms with Crippen LogP contribution in [0.3, 0.4) is 0 Å². The van der Waals surface area contributed by atoms with E-state index in [4.69, 9.17) is 4.74 Å². The van der Waals surface area contributed by atoms with Crippen molar-refractivity contribution < 1.29 is 23.4 Å². The zero-order valence-electron chi connectivity index (χ0n) is 21.4. The number of hydrogen-bond acceptors (Lipinski definition) is 7. The van der Waals surface area contributed by atoms with Gasteiger partial charge in [0.15, 0.2) is 23.0 Å². The van der Waals surface area contributed by atoms with E-state index >= 15 is 4.39 Å². The second kappa shape index (κ2) is 10.9. The minimum atomic E-state index is -0.767. The van der Waals surface area contributed by atoms with Gasteiger partial charge in [-0.2, -0.15) is 5.10 Å². The highest BCUT2D eigenvalue weighted by Gasteiger charge is 2.18. The fourth-order valence-corrected chi connectivity index (χ4v) is 4.08. The van der Waals surface area contributed by atoms with Crippen LogP contribution < -0.4 is 20.9 Å². The van der Waals surface area contributed by atoms with Gasteiger partial charge in [0.2, 0.25) is 0 Å². The number of amides is 1. The minimum Gasteiger partial charge on any atom is -0.453 e. The van der Waals surface area contributed by atoms with Crippen LogP contribution >= 0.6 is 0 Å². The number of aromatic nitrogens is 4. The first-order chi connectivity index (χ1) is 19.2. The minimum absolute atomic E-state index is 0.102. The molecule has 12 heteroatoms. The monoisotopic (exact) mass is 546 g/mol. The number of aryl methyl sites for hydroxylation is 1. The molecule has 0 aliphatic rings. The van der Waals surface area contributed by atoms with Crippen molar-refractivity contribution in [1.29, 1.82) is 0 Å². The molecule has 204 valence electrons. The van der Waals surface area contributed by atoms with Crippen molar-refractivity contribution in [3.63, 3.8) is 0 Å². The number of aliphatic hydroxyl groups excluding tert-OH is 1. The molecule has 0 fully saturated rings. The third kappa shape index (κ3) is 5.24. The van der Waals surface area contributed by atoms with Crippen LogP contribution in [0.2, 0.25) is 0 Å². The Labute approximate surface area is 226 Å². The number of anilines is 2. The van der Waals surface area contributed by atoms with E-state index in [-0.39, 0.29) is 35.4 Å². The fourth-order valence-electron chi connectivity index (χ4n) is 4.08. The van der Waals surface area contributed by atoms with Crippen LogP contribution in [0.25, 0.3) is 16.7 Å². The number of pyridine rings is 2. The summed E-state index contributed by atoms with van der Waals surface area (Å²) in [5, 5.41) is 22.3. The zero-order chi connectivity index (χ0) is 28.4. The van der Waals surface area contributed by atoms with Crippen LogP contribution in [0.15, 0.2) is 71.7 Å². The molecule has 0 spiro atoms. The van der Waals surface area contributed by atoms with Gasteiger partial charge in [-0.15, -0.1) is 0 Å². The number of rotatable bonds is 8. The number of carbonyl (C=O) groups excluding carboxylic acids is 1. The maximum atomic E-state index is 15.1. The summed E-state index contributed by atoms with van der Waals surface area (Å²) in [6.45, 7) is 3.32. The van der Waals surface area contributed by atoms with Gasteiger partial charge in [-0.1, -0.05) is 0 Å². The van der Waals surface area contributed by atoms with Gasteiger partial charge in [0.25, 0.3) is 11.5 Å². The topological polar surface area (TPSA) is 134 Å². The molecule has 40 heavy (non-hydrogen) atoms. The van der Waals surface area contributed by atoms with Gasteiger partial charge < -0.3 is 20.5 Å². The molecule has 10 nitrogen and oxygen atoms in total. The molecule has 1 atom stereocenters. The van der Waals surface area contributed by atoms with Crippen molar-refractivity contribution in [2.24, 2.45) is 0 Å². The zero-order valence-corrected chi connectivity index (χ0v) is 21.4. The van der Waals surface area contributed by atoms with Crippen LogP contribution in [0.4, 0.5) is 20.3 Å². The Kier molecular flexibility index (Phi) is 7.25. The van der Waals surface area contributed by atoms with Crippen LogP contribution in [-0.4, -0.2) is 43.4 Å². The van der Waals surface area contributed by atoms with Gasteiger partial charge in [0, 0.05) is 41.4 Å². The molecule has 3 aromatic heterocycles. The molecule has 0 radical (unpaired) electrons.